The molecule has 0 radical (unpaired) electrons. The highest BCUT2D eigenvalue weighted by Gasteiger charge is 2.31. The van der Waals surface area contributed by atoms with E-state index in [1.807, 2.05) is 24.3 Å². The van der Waals surface area contributed by atoms with E-state index in [1.165, 1.54) is 5.56 Å². The fourth-order valence-corrected chi connectivity index (χ4v) is 3.31. The smallest absolute Gasteiger partial charge is 0.416 e. The molecule has 2 aromatic carbocycles. The number of ether oxygens (including phenoxy) is 1. The Hall–Kier alpha value is -2.72. The molecule has 32 heavy (non-hydrogen) atoms. The van der Waals surface area contributed by atoms with Gasteiger partial charge in [0.25, 0.3) is 11.1 Å². The Balaban J connectivity index is 1.50. The van der Waals surface area contributed by atoms with E-state index < -0.39 is 17.6 Å². The first kappa shape index (κ1) is 23.9. The average Bonchev–Trinajstić information content (AvgIpc) is 3.20. The third-order valence-electron chi connectivity index (χ3n) is 4.25. The van der Waals surface area contributed by atoms with Gasteiger partial charge in [0, 0.05) is 0 Å². The molecule has 170 valence electrons. The number of thioether (sulfide) groups is 1. The molecular formula is C21H19ClF3N3O3S. The first-order valence-corrected chi connectivity index (χ1v) is 10.8. The average molecular weight is 486 g/mol. The van der Waals surface area contributed by atoms with Crippen LogP contribution in [0.5, 0.6) is 5.75 Å². The monoisotopic (exact) mass is 485 g/mol. The maximum Gasteiger partial charge on any atom is 0.416 e. The molecule has 1 amide bonds. The van der Waals surface area contributed by atoms with Gasteiger partial charge in [0.15, 0.2) is 6.61 Å². The minimum absolute atomic E-state index is 0.00463. The summed E-state index contributed by atoms with van der Waals surface area (Å²) < 4.78 is 49.5. The van der Waals surface area contributed by atoms with Crippen LogP contribution in [0.4, 0.5) is 18.9 Å². The zero-order valence-corrected chi connectivity index (χ0v) is 18.6. The number of amides is 1. The van der Waals surface area contributed by atoms with Gasteiger partial charge in [-0.05, 0) is 41.8 Å². The summed E-state index contributed by atoms with van der Waals surface area (Å²) in [6, 6.07) is 10.4. The van der Waals surface area contributed by atoms with Crippen molar-refractivity contribution in [2.45, 2.75) is 37.8 Å². The second-order valence-electron chi connectivity index (χ2n) is 7.00. The number of hydrogen-bond donors (Lipinski definition) is 1. The molecule has 0 aliphatic heterocycles. The zero-order chi connectivity index (χ0) is 23.3. The lowest BCUT2D eigenvalue weighted by Crippen LogP contribution is -2.15. The molecule has 0 bridgehead atoms. The standard InChI is InChI=1S/C21H19ClF3N3O3S/c1-12(2)13-3-6-15(7-4-13)30-10-19-27-28-20(31-19)32-11-18(29)26-17-9-14(21(23,24)25)5-8-16(17)22/h3-9,12H,10-11H2,1-2H3,(H,26,29). The number of benzene rings is 2. The number of aromatic nitrogens is 2. The van der Waals surface area contributed by atoms with E-state index >= 15 is 0 Å². The van der Waals surface area contributed by atoms with Crippen molar-refractivity contribution in [2.75, 3.05) is 11.1 Å². The van der Waals surface area contributed by atoms with Gasteiger partial charge < -0.3 is 14.5 Å². The highest BCUT2D eigenvalue weighted by Crippen LogP contribution is 2.34. The van der Waals surface area contributed by atoms with Crippen molar-refractivity contribution in [3.05, 3.63) is 64.5 Å². The molecule has 1 N–H and O–H groups in total. The molecule has 1 heterocycles. The summed E-state index contributed by atoms with van der Waals surface area (Å²) in [5, 5.41) is 10.1. The van der Waals surface area contributed by atoms with Crippen molar-refractivity contribution < 1.29 is 27.1 Å². The third kappa shape index (κ3) is 6.64. The van der Waals surface area contributed by atoms with Crippen molar-refractivity contribution in [3.8, 4) is 5.75 Å². The molecule has 0 fully saturated rings. The Labute approximate surface area is 191 Å². The predicted molar refractivity (Wildman–Crippen MR) is 115 cm³/mol. The first-order valence-electron chi connectivity index (χ1n) is 9.46. The van der Waals surface area contributed by atoms with Gasteiger partial charge in [0.1, 0.15) is 5.75 Å². The summed E-state index contributed by atoms with van der Waals surface area (Å²) >= 11 is 6.81. The van der Waals surface area contributed by atoms with Crippen LogP contribution in [0, 0.1) is 0 Å². The lowest BCUT2D eigenvalue weighted by molar-refractivity contribution is -0.137. The van der Waals surface area contributed by atoms with Crippen molar-refractivity contribution in [3.63, 3.8) is 0 Å². The predicted octanol–water partition coefficient (Wildman–Crippen LogP) is 6.18. The van der Waals surface area contributed by atoms with E-state index in [1.54, 1.807) is 0 Å². The van der Waals surface area contributed by atoms with Crippen LogP contribution in [0.2, 0.25) is 5.02 Å². The van der Waals surface area contributed by atoms with Gasteiger partial charge in [-0.25, -0.2) is 0 Å². The number of nitrogens with one attached hydrogen (secondary N) is 1. The summed E-state index contributed by atoms with van der Waals surface area (Å²) in [7, 11) is 0. The van der Waals surface area contributed by atoms with Gasteiger partial charge in [-0.2, -0.15) is 13.2 Å². The number of nitrogens with zero attached hydrogens (tertiary/aromatic N) is 2. The number of anilines is 1. The van der Waals surface area contributed by atoms with Crippen molar-refractivity contribution >= 4 is 35.0 Å². The van der Waals surface area contributed by atoms with E-state index in [0.717, 1.165) is 30.0 Å². The molecule has 0 aliphatic rings. The Kier molecular flexibility index (Phi) is 7.68. The van der Waals surface area contributed by atoms with Gasteiger partial charge in [0.05, 0.1) is 22.0 Å². The maximum atomic E-state index is 12.8. The Morgan fingerprint density at radius 3 is 2.56 bits per heavy atom. The molecule has 0 saturated heterocycles. The molecule has 3 rings (SSSR count). The van der Waals surface area contributed by atoms with Gasteiger partial charge in [0.2, 0.25) is 5.91 Å². The zero-order valence-electron chi connectivity index (χ0n) is 17.1. The van der Waals surface area contributed by atoms with Crippen LogP contribution in [0.15, 0.2) is 52.1 Å². The van der Waals surface area contributed by atoms with Crippen molar-refractivity contribution in [1.82, 2.24) is 10.2 Å². The van der Waals surface area contributed by atoms with Crippen LogP contribution >= 0.6 is 23.4 Å². The molecule has 0 atom stereocenters. The molecule has 0 spiro atoms. The van der Waals surface area contributed by atoms with E-state index in [4.69, 9.17) is 20.8 Å². The fourth-order valence-electron chi connectivity index (χ4n) is 2.56. The Morgan fingerprint density at radius 2 is 1.91 bits per heavy atom. The maximum absolute atomic E-state index is 12.8. The summed E-state index contributed by atoms with van der Waals surface area (Å²) in [6.45, 7) is 4.25. The van der Waals surface area contributed by atoms with Crippen LogP contribution in [-0.4, -0.2) is 21.9 Å². The van der Waals surface area contributed by atoms with Gasteiger partial charge in [-0.3, -0.25) is 4.79 Å². The number of hydrogen-bond acceptors (Lipinski definition) is 6. The SMILES string of the molecule is CC(C)c1ccc(OCc2nnc(SCC(=O)Nc3cc(C(F)(F)F)ccc3Cl)o2)cc1. The topological polar surface area (TPSA) is 77.2 Å². The molecule has 0 aliphatic carbocycles. The largest absolute Gasteiger partial charge is 0.484 e. The second kappa shape index (κ2) is 10.3. The van der Waals surface area contributed by atoms with E-state index in [-0.39, 0.29) is 34.2 Å². The van der Waals surface area contributed by atoms with E-state index in [9.17, 15) is 18.0 Å². The number of alkyl halides is 3. The molecule has 11 heteroatoms. The second-order valence-corrected chi connectivity index (χ2v) is 8.34. The fraction of sp³-hybridized carbons (Fsp3) is 0.286. The molecular weight excluding hydrogens is 467 g/mol. The molecule has 0 unspecified atom stereocenters. The van der Waals surface area contributed by atoms with Gasteiger partial charge >= 0.3 is 6.18 Å². The van der Waals surface area contributed by atoms with Crippen LogP contribution < -0.4 is 10.1 Å². The highest BCUT2D eigenvalue weighted by molar-refractivity contribution is 7.99. The minimum atomic E-state index is -4.54. The Morgan fingerprint density at radius 1 is 1.19 bits per heavy atom. The quantitative estimate of drug-likeness (QED) is 0.384. The van der Waals surface area contributed by atoms with Gasteiger partial charge in [-0.15, -0.1) is 10.2 Å². The normalized spacial score (nSPS) is 11.6. The van der Waals surface area contributed by atoms with Crippen molar-refractivity contribution in [1.29, 1.82) is 0 Å². The summed E-state index contributed by atoms with van der Waals surface area (Å²) in [6.07, 6.45) is -4.54. The highest BCUT2D eigenvalue weighted by atomic mass is 35.5. The molecule has 1 aromatic heterocycles. The lowest BCUT2D eigenvalue weighted by atomic mass is 10.0. The van der Waals surface area contributed by atoms with Crippen LogP contribution in [0.1, 0.15) is 36.8 Å². The van der Waals surface area contributed by atoms with Gasteiger partial charge in [-0.1, -0.05) is 49.3 Å². The van der Waals surface area contributed by atoms with Crippen LogP contribution in [0.25, 0.3) is 0 Å². The summed E-state index contributed by atoms with van der Waals surface area (Å²) in [5.74, 6) is 0.561. The van der Waals surface area contributed by atoms with E-state index in [2.05, 4.69) is 29.4 Å². The van der Waals surface area contributed by atoms with Crippen molar-refractivity contribution in [2.24, 2.45) is 0 Å². The minimum Gasteiger partial charge on any atom is -0.484 e. The third-order valence-corrected chi connectivity index (χ3v) is 5.40. The molecule has 3 aromatic rings. The molecule has 6 nitrogen and oxygen atoms in total. The summed E-state index contributed by atoms with van der Waals surface area (Å²) in [5.41, 5.74) is 0.152. The van der Waals surface area contributed by atoms with Crippen LogP contribution in [0.3, 0.4) is 0 Å². The number of carbonyl (C=O) groups excluding carboxylic acids is 1. The van der Waals surface area contributed by atoms with Crippen LogP contribution in [-0.2, 0) is 17.6 Å². The lowest BCUT2D eigenvalue weighted by Gasteiger charge is -2.11. The van der Waals surface area contributed by atoms with E-state index in [0.29, 0.717) is 11.7 Å². The molecule has 0 saturated carbocycles. The number of carbonyl (C=O) groups is 1. The number of rotatable bonds is 8. The summed E-state index contributed by atoms with van der Waals surface area (Å²) in [4.78, 5) is 12.1. The number of halogens is 4. The first-order chi connectivity index (χ1) is 15.1. The Bertz CT molecular complexity index is 1070.